The minimum Gasteiger partial charge on any atom is -0.490 e. The predicted molar refractivity (Wildman–Crippen MR) is 111 cm³/mol. The molecule has 2 aromatic rings. The lowest BCUT2D eigenvalue weighted by atomic mass is 9.96. The third kappa shape index (κ3) is 5.37. The third-order valence-corrected chi connectivity index (χ3v) is 5.66. The van der Waals surface area contributed by atoms with Crippen molar-refractivity contribution in [1.82, 2.24) is 5.32 Å². The van der Waals surface area contributed by atoms with Crippen LogP contribution in [0.2, 0.25) is 0 Å². The Labute approximate surface area is 172 Å². The van der Waals surface area contributed by atoms with Crippen LogP contribution in [0.4, 0.5) is 0 Å². The molecule has 0 spiro atoms. The second-order valence-electron chi connectivity index (χ2n) is 7.74. The summed E-state index contributed by atoms with van der Waals surface area (Å²) in [5.74, 6) is 0.781. The van der Waals surface area contributed by atoms with Crippen LogP contribution in [0.5, 0.6) is 5.75 Å². The Bertz CT molecular complexity index is 812. The highest BCUT2D eigenvalue weighted by atomic mass is 16.5. The molecule has 154 valence electrons. The third-order valence-electron chi connectivity index (χ3n) is 5.66. The molecule has 2 aromatic carbocycles. The number of benzene rings is 2. The van der Waals surface area contributed by atoms with Crippen molar-refractivity contribution in [2.24, 2.45) is 0 Å². The molecule has 0 aromatic heterocycles. The number of hydrogen-bond donors (Lipinski definition) is 1. The molecule has 1 saturated carbocycles. The molecule has 1 aliphatic heterocycles. The van der Waals surface area contributed by atoms with Crippen LogP contribution in [0.1, 0.15) is 53.6 Å². The van der Waals surface area contributed by atoms with Gasteiger partial charge in [0.2, 0.25) is 0 Å². The molecule has 1 N–H and O–H groups in total. The van der Waals surface area contributed by atoms with E-state index in [9.17, 15) is 4.79 Å². The quantitative estimate of drug-likeness (QED) is 0.726. The van der Waals surface area contributed by atoms with Crippen molar-refractivity contribution in [2.75, 3.05) is 13.2 Å². The summed E-state index contributed by atoms with van der Waals surface area (Å²) in [4.78, 5) is 12.9. The highest BCUT2D eigenvalue weighted by Crippen LogP contribution is 2.27. The molecule has 0 atom stereocenters. The number of ether oxygens (including phenoxy) is 3. The zero-order chi connectivity index (χ0) is 19.9. The molecule has 1 amide bonds. The van der Waals surface area contributed by atoms with Crippen LogP contribution in [-0.2, 0) is 22.6 Å². The van der Waals surface area contributed by atoms with Crippen LogP contribution in [0.3, 0.4) is 0 Å². The van der Waals surface area contributed by atoms with Crippen molar-refractivity contribution in [2.45, 2.75) is 57.5 Å². The van der Waals surface area contributed by atoms with Gasteiger partial charge in [-0.1, -0.05) is 36.4 Å². The molecule has 0 bridgehead atoms. The Morgan fingerprint density at radius 2 is 1.66 bits per heavy atom. The Hall–Kier alpha value is -2.37. The predicted octanol–water partition coefficient (Wildman–Crippen LogP) is 4.24. The molecule has 1 aliphatic carbocycles. The van der Waals surface area contributed by atoms with E-state index < -0.39 is 0 Å². The first kappa shape index (κ1) is 19.9. The number of nitrogens with one attached hydrogen (secondary N) is 1. The first-order valence-electron chi connectivity index (χ1n) is 10.6. The first-order chi connectivity index (χ1) is 14.3. The van der Waals surface area contributed by atoms with Gasteiger partial charge in [0, 0.05) is 30.9 Å². The molecular weight excluding hydrogens is 366 g/mol. The fourth-order valence-electron chi connectivity index (χ4n) is 3.62. The second-order valence-corrected chi connectivity index (χ2v) is 7.74. The van der Waals surface area contributed by atoms with Gasteiger partial charge in [-0.15, -0.1) is 0 Å². The van der Waals surface area contributed by atoms with Gasteiger partial charge in [0.05, 0.1) is 18.8 Å². The lowest BCUT2D eigenvalue weighted by molar-refractivity contribution is -0.0392. The fraction of sp³-hybridized carbons (Fsp3) is 0.458. The average Bonchev–Trinajstić information content (AvgIpc) is 2.74. The highest BCUT2D eigenvalue weighted by molar-refractivity contribution is 5.95. The Morgan fingerprint density at radius 3 is 2.41 bits per heavy atom. The van der Waals surface area contributed by atoms with Gasteiger partial charge in [0.1, 0.15) is 5.75 Å². The van der Waals surface area contributed by atoms with Gasteiger partial charge in [-0.3, -0.25) is 4.79 Å². The van der Waals surface area contributed by atoms with Gasteiger partial charge < -0.3 is 19.5 Å². The lowest BCUT2D eigenvalue weighted by Gasteiger charge is -2.27. The zero-order valence-corrected chi connectivity index (χ0v) is 16.8. The van der Waals surface area contributed by atoms with Gasteiger partial charge in [-0.25, -0.2) is 0 Å². The number of carbonyl (C=O) groups excluding carboxylic acids is 1. The molecule has 0 radical (unpaired) electrons. The smallest absolute Gasteiger partial charge is 0.251 e. The Morgan fingerprint density at radius 1 is 0.931 bits per heavy atom. The number of para-hydroxylation sites is 1. The van der Waals surface area contributed by atoms with Crippen molar-refractivity contribution in [3.63, 3.8) is 0 Å². The Kier molecular flexibility index (Phi) is 6.80. The summed E-state index contributed by atoms with van der Waals surface area (Å²) in [6.45, 7) is 2.37. The highest BCUT2D eigenvalue weighted by Gasteiger charge is 2.21. The van der Waals surface area contributed by atoms with Gasteiger partial charge in [-0.05, 0) is 49.8 Å². The Balaban J connectivity index is 1.36. The number of rotatable bonds is 8. The van der Waals surface area contributed by atoms with Crippen LogP contribution in [0, 0.1) is 0 Å². The van der Waals surface area contributed by atoms with Crippen molar-refractivity contribution in [3.05, 3.63) is 65.2 Å². The zero-order valence-electron chi connectivity index (χ0n) is 16.8. The maximum atomic E-state index is 12.9. The van der Waals surface area contributed by atoms with Crippen LogP contribution in [0.15, 0.2) is 48.5 Å². The molecule has 1 heterocycles. The minimum absolute atomic E-state index is 0.0883. The van der Waals surface area contributed by atoms with Gasteiger partial charge in [0.15, 0.2) is 0 Å². The summed E-state index contributed by atoms with van der Waals surface area (Å²) in [6.07, 6.45) is 5.79. The first-order valence-corrected chi connectivity index (χ1v) is 10.6. The van der Waals surface area contributed by atoms with E-state index in [-0.39, 0.29) is 12.0 Å². The monoisotopic (exact) mass is 395 g/mol. The average molecular weight is 395 g/mol. The normalized spacial score (nSPS) is 17.5. The van der Waals surface area contributed by atoms with Gasteiger partial charge in [0.25, 0.3) is 5.91 Å². The lowest BCUT2D eigenvalue weighted by Crippen LogP contribution is -2.27. The molecule has 29 heavy (non-hydrogen) atoms. The van der Waals surface area contributed by atoms with E-state index in [2.05, 4.69) is 5.32 Å². The topological polar surface area (TPSA) is 56.8 Å². The minimum atomic E-state index is -0.0883. The molecule has 2 fully saturated rings. The van der Waals surface area contributed by atoms with Crippen molar-refractivity contribution < 1.29 is 19.0 Å². The van der Waals surface area contributed by atoms with Gasteiger partial charge in [-0.2, -0.15) is 0 Å². The van der Waals surface area contributed by atoms with Crippen molar-refractivity contribution in [3.8, 4) is 5.75 Å². The van der Waals surface area contributed by atoms with E-state index in [4.69, 9.17) is 14.2 Å². The SMILES string of the molecule is O=C(NCc1ccccc1OC1CCC1)c1ccccc1COC1CCOCC1. The molecular formula is C24H29NO4. The maximum absolute atomic E-state index is 12.9. The summed E-state index contributed by atoms with van der Waals surface area (Å²) in [5, 5.41) is 3.05. The van der Waals surface area contributed by atoms with Crippen molar-refractivity contribution in [1.29, 1.82) is 0 Å². The molecule has 2 aliphatic rings. The second kappa shape index (κ2) is 9.90. The van der Waals surface area contributed by atoms with Crippen LogP contribution >= 0.6 is 0 Å². The number of amides is 1. The van der Waals surface area contributed by atoms with Crippen LogP contribution < -0.4 is 10.1 Å². The molecule has 5 heteroatoms. The summed E-state index contributed by atoms with van der Waals surface area (Å²) in [6, 6.07) is 15.6. The summed E-state index contributed by atoms with van der Waals surface area (Å²) >= 11 is 0. The summed E-state index contributed by atoms with van der Waals surface area (Å²) in [5.41, 5.74) is 2.58. The number of hydrogen-bond acceptors (Lipinski definition) is 4. The van der Waals surface area contributed by atoms with Crippen LogP contribution in [-0.4, -0.2) is 31.3 Å². The fourth-order valence-corrected chi connectivity index (χ4v) is 3.62. The van der Waals surface area contributed by atoms with E-state index in [0.29, 0.717) is 24.8 Å². The maximum Gasteiger partial charge on any atom is 0.251 e. The standard InChI is InChI=1S/C24H29NO4/c26-24(25-16-18-6-2-4-11-23(18)29-21-8-5-9-21)22-10-3-1-7-19(22)17-28-20-12-14-27-15-13-20/h1-4,6-7,10-11,20-21H,5,8-9,12-17H2,(H,25,26). The van der Waals surface area contributed by atoms with Crippen LogP contribution in [0.25, 0.3) is 0 Å². The molecule has 0 unspecified atom stereocenters. The van der Waals surface area contributed by atoms with E-state index in [0.717, 1.165) is 55.8 Å². The molecule has 4 rings (SSSR count). The van der Waals surface area contributed by atoms with E-state index >= 15 is 0 Å². The summed E-state index contributed by atoms with van der Waals surface area (Å²) in [7, 11) is 0. The number of carbonyl (C=O) groups is 1. The van der Waals surface area contributed by atoms with Gasteiger partial charge >= 0.3 is 0 Å². The van der Waals surface area contributed by atoms with Crippen molar-refractivity contribution >= 4 is 5.91 Å². The van der Waals surface area contributed by atoms with E-state index in [1.165, 1.54) is 6.42 Å². The molecule has 5 nitrogen and oxygen atoms in total. The largest absolute Gasteiger partial charge is 0.490 e. The van der Waals surface area contributed by atoms with E-state index in [1.54, 1.807) is 0 Å². The summed E-state index contributed by atoms with van der Waals surface area (Å²) < 4.78 is 17.5. The van der Waals surface area contributed by atoms with E-state index in [1.807, 2.05) is 48.5 Å². The molecule has 1 saturated heterocycles.